The third-order valence-corrected chi connectivity index (χ3v) is 9.46. The topological polar surface area (TPSA) is 163 Å². The van der Waals surface area contributed by atoms with Crippen LogP contribution in [0.5, 0.6) is 0 Å². The first kappa shape index (κ1) is 26.2. The fourth-order valence-electron chi connectivity index (χ4n) is 4.44. The molecule has 0 unspecified atom stereocenters. The Morgan fingerprint density at radius 3 is 2.56 bits per heavy atom. The van der Waals surface area contributed by atoms with Crippen LogP contribution in [0.2, 0.25) is 10.0 Å². The molecule has 11 nitrogen and oxygen atoms in total. The second kappa shape index (κ2) is 10.7. The van der Waals surface area contributed by atoms with Crippen LogP contribution in [-0.2, 0) is 24.3 Å². The molecule has 1 amide bonds. The molecule has 2 aromatic rings. The Labute approximate surface area is 217 Å². The smallest absolute Gasteiger partial charge is 0.324 e. The number of H-pyrrole nitrogens is 1. The highest BCUT2D eigenvalue weighted by Gasteiger charge is 2.44. The van der Waals surface area contributed by atoms with Gasteiger partial charge in [-0.3, -0.25) is 9.59 Å². The summed E-state index contributed by atoms with van der Waals surface area (Å²) < 4.78 is 26.0. The molecule has 4 rings (SSSR count). The molecule has 1 fully saturated rings. The fraction of sp³-hybridized carbons (Fsp3) is 0.455. The van der Waals surface area contributed by atoms with Crippen molar-refractivity contribution in [3.05, 3.63) is 40.6 Å². The van der Waals surface area contributed by atoms with Gasteiger partial charge in [-0.05, 0) is 43.7 Å². The molecule has 1 aliphatic carbocycles. The monoisotopic (exact) mass is 557 g/mol. The molecule has 1 aromatic carbocycles. The molecule has 1 atom stereocenters. The van der Waals surface area contributed by atoms with E-state index in [4.69, 9.17) is 28.0 Å². The van der Waals surface area contributed by atoms with Gasteiger partial charge >= 0.3 is 5.97 Å². The number of nitrogens with zero attached hydrogens (tertiary/aromatic N) is 2. The Kier molecular flexibility index (Phi) is 7.76. The number of hydrogen-bond donors (Lipinski definition) is 4. The maximum atomic E-state index is 13.0. The van der Waals surface area contributed by atoms with Gasteiger partial charge in [0.1, 0.15) is 16.2 Å². The maximum absolute atomic E-state index is 13.0. The molecular weight excluding hydrogens is 533 g/mol. The summed E-state index contributed by atoms with van der Waals surface area (Å²) >= 11 is 12.0. The summed E-state index contributed by atoms with van der Waals surface area (Å²) in [4.78, 5) is 36.8. The molecule has 0 saturated heterocycles. The van der Waals surface area contributed by atoms with Crippen LogP contribution in [-0.4, -0.2) is 65.0 Å². The number of sulfone groups is 1. The van der Waals surface area contributed by atoms with Gasteiger partial charge in [0.15, 0.2) is 21.0 Å². The Hall–Kier alpha value is -2.83. The second-order valence-electron chi connectivity index (χ2n) is 8.88. The number of carboxylic acids is 1. The molecular formula is C22H25Cl2N5O6S. The molecule has 2 aliphatic rings. The van der Waals surface area contributed by atoms with E-state index in [0.29, 0.717) is 24.7 Å². The average Bonchev–Trinajstić information content (AvgIpc) is 3.49. The number of carbonyl (C=O) groups excluding carboxylic acids is 1. The summed E-state index contributed by atoms with van der Waals surface area (Å²) in [5.74, 6) is -1.19. The first-order valence-corrected chi connectivity index (χ1v) is 13.6. The lowest BCUT2D eigenvalue weighted by molar-refractivity contribution is -0.136. The predicted octanol–water partition coefficient (Wildman–Crippen LogP) is 2.88. The van der Waals surface area contributed by atoms with Gasteiger partial charge in [0.2, 0.25) is 0 Å². The van der Waals surface area contributed by atoms with Gasteiger partial charge in [0.25, 0.3) is 5.91 Å². The van der Waals surface area contributed by atoms with Crippen molar-refractivity contribution in [2.45, 2.75) is 47.9 Å². The SMILES string of the molecule is O=C(NC[C@@H](C(=O)O)S(=O)(=O)c1c(Cl)cccc1Cl)C1=NOC2(CCC(CNc3ncc[nH]3)CC2)C1. The number of anilines is 1. The van der Waals surface area contributed by atoms with Gasteiger partial charge in [-0.1, -0.05) is 34.4 Å². The highest BCUT2D eigenvalue weighted by Crippen LogP contribution is 2.40. The van der Waals surface area contributed by atoms with E-state index in [9.17, 15) is 23.1 Å². The molecule has 2 heterocycles. The molecule has 1 aromatic heterocycles. The summed E-state index contributed by atoms with van der Waals surface area (Å²) in [6.07, 6.45) is 6.83. The van der Waals surface area contributed by atoms with Gasteiger partial charge in [-0.25, -0.2) is 13.4 Å². The van der Waals surface area contributed by atoms with Gasteiger partial charge in [0.05, 0.1) is 10.0 Å². The van der Waals surface area contributed by atoms with Crippen molar-refractivity contribution in [2.24, 2.45) is 11.1 Å². The summed E-state index contributed by atoms with van der Waals surface area (Å²) in [7, 11) is -4.50. The molecule has 36 heavy (non-hydrogen) atoms. The number of imidazole rings is 1. The number of halogens is 2. The van der Waals surface area contributed by atoms with Crippen molar-refractivity contribution < 1.29 is 28.0 Å². The lowest BCUT2D eigenvalue weighted by Crippen LogP contribution is -2.44. The second-order valence-corrected chi connectivity index (χ2v) is 11.8. The number of carbonyl (C=O) groups is 2. The highest BCUT2D eigenvalue weighted by atomic mass is 35.5. The minimum absolute atomic E-state index is 0.0967. The summed E-state index contributed by atoms with van der Waals surface area (Å²) in [5, 5.41) is 16.7. The first-order chi connectivity index (χ1) is 17.1. The third-order valence-electron chi connectivity index (χ3n) is 6.48. The maximum Gasteiger partial charge on any atom is 0.324 e. The van der Waals surface area contributed by atoms with E-state index in [1.54, 1.807) is 12.4 Å². The van der Waals surface area contributed by atoms with Crippen molar-refractivity contribution >= 4 is 56.6 Å². The molecule has 14 heteroatoms. The number of benzene rings is 1. The van der Waals surface area contributed by atoms with Crippen molar-refractivity contribution in [1.29, 1.82) is 0 Å². The lowest BCUT2D eigenvalue weighted by Gasteiger charge is -2.34. The number of oxime groups is 1. The minimum atomic E-state index is -4.50. The molecule has 1 spiro atoms. The number of hydrogen-bond acceptors (Lipinski definition) is 8. The molecule has 1 aliphatic heterocycles. The van der Waals surface area contributed by atoms with Crippen molar-refractivity contribution in [1.82, 2.24) is 15.3 Å². The Morgan fingerprint density at radius 2 is 1.94 bits per heavy atom. The van der Waals surface area contributed by atoms with Crippen LogP contribution in [0.3, 0.4) is 0 Å². The van der Waals surface area contributed by atoms with Crippen molar-refractivity contribution in [3.8, 4) is 0 Å². The standard InChI is InChI=1S/C22H25Cl2N5O6S/c23-14-2-1-3-15(24)18(14)36(33,34)17(20(31)32)12-27-19(30)16-10-22(35-29-16)6-4-13(5-7-22)11-28-21-25-8-9-26-21/h1-3,8-9,13,17H,4-7,10-12H2,(H,27,30)(H,31,32)(H2,25,26,28)/t13?,17-,22?/m0/s1. The Balaban J connectivity index is 1.32. The van der Waals surface area contributed by atoms with Crippen LogP contribution in [0.15, 0.2) is 40.6 Å². The zero-order chi connectivity index (χ0) is 25.9. The van der Waals surface area contributed by atoms with E-state index >= 15 is 0 Å². The van der Waals surface area contributed by atoms with Gasteiger partial charge < -0.3 is 25.6 Å². The van der Waals surface area contributed by atoms with E-state index in [2.05, 4.69) is 25.8 Å². The van der Waals surface area contributed by atoms with Gasteiger partial charge in [-0.15, -0.1) is 0 Å². The number of amides is 1. The van der Waals surface area contributed by atoms with Gasteiger partial charge in [-0.2, -0.15) is 0 Å². The van der Waals surface area contributed by atoms with E-state index in [-0.39, 0.29) is 22.2 Å². The summed E-state index contributed by atoms with van der Waals surface area (Å²) in [6, 6.07) is 4.03. The molecule has 0 bridgehead atoms. The largest absolute Gasteiger partial charge is 0.480 e. The number of aliphatic carboxylic acids is 1. The van der Waals surface area contributed by atoms with Crippen LogP contribution < -0.4 is 10.6 Å². The quantitative estimate of drug-likeness (QED) is 0.365. The van der Waals surface area contributed by atoms with Crippen molar-refractivity contribution in [2.75, 3.05) is 18.4 Å². The first-order valence-electron chi connectivity index (χ1n) is 11.3. The molecule has 1 saturated carbocycles. The predicted molar refractivity (Wildman–Crippen MR) is 133 cm³/mol. The van der Waals surface area contributed by atoms with Crippen LogP contribution >= 0.6 is 23.2 Å². The van der Waals surface area contributed by atoms with E-state index in [1.807, 2.05) is 0 Å². The number of aromatic nitrogens is 2. The average molecular weight is 558 g/mol. The third kappa shape index (κ3) is 5.60. The van der Waals surface area contributed by atoms with E-state index in [1.165, 1.54) is 18.2 Å². The normalized spacial score (nSPS) is 22.5. The van der Waals surface area contributed by atoms with Crippen LogP contribution in [0.1, 0.15) is 32.1 Å². The van der Waals surface area contributed by atoms with Crippen LogP contribution in [0, 0.1) is 5.92 Å². The molecule has 194 valence electrons. The van der Waals surface area contributed by atoms with E-state index < -0.39 is 44.0 Å². The van der Waals surface area contributed by atoms with Crippen LogP contribution in [0.25, 0.3) is 0 Å². The highest BCUT2D eigenvalue weighted by molar-refractivity contribution is 7.93. The zero-order valence-electron chi connectivity index (χ0n) is 19.0. The molecule has 0 radical (unpaired) electrons. The Morgan fingerprint density at radius 1 is 1.25 bits per heavy atom. The van der Waals surface area contributed by atoms with Gasteiger partial charge in [0, 0.05) is 31.9 Å². The van der Waals surface area contributed by atoms with Crippen LogP contribution in [0.4, 0.5) is 5.95 Å². The van der Waals surface area contributed by atoms with E-state index in [0.717, 1.165) is 19.4 Å². The minimum Gasteiger partial charge on any atom is -0.480 e. The number of rotatable bonds is 9. The van der Waals surface area contributed by atoms with Crippen molar-refractivity contribution in [3.63, 3.8) is 0 Å². The zero-order valence-corrected chi connectivity index (χ0v) is 21.4. The number of carboxylic acid groups (broad SMARTS) is 1. The molecule has 4 N–H and O–H groups in total. The summed E-state index contributed by atoms with van der Waals surface area (Å²) in [5.41, 5.74) is -0.489. The Bertz CT molecular complexity index is 1240. The lowest BCUT2D eigenvalue weighted by atomic mass is 9.76. The number of nitrogens with one attached hydrogen (secondary N) is 3. The number of aromatic amines is 1. The fourth-order valence-corrected chi connectivity index (χ4v) is 7.01. The summed E-state index contributed by atoms with van der Waals surface area (Å²) in [6.45, 7) is 0.0723.